The van der Waals surface area contributed by atoms with E-state index in [2.05, 4.69) is 70.8 Å². The second kappa shape index (κ2) is 6.41. The van der Waals surface area contributed by atoms with Crippen molar-refractivity contribution in [3.63, 3.8) is 0 Å². The summed E-state index contributed by atoms with van der Waals surface area (Å²) in [6.07, 6.45) is 1.74. The lowest BCUT2D eigenvalue weighted by atomic mass is 9.81. The van der Waals surface area contributed by atoms with Crippen molar-refractivity contribution in [2.45, 2.75) is 65.8 Å². The van der Waals surface area contributed by atoms with E-state index in [1.807, 2.05) is 4.68 Å². The Morgan fingerprint density at radius 1 is 1.00 bits per heavy atom. The Balaban J connectivity index is 1.88. The molecule has 4 nitrogen and oxygen atoms in total. The Labute approximate surface area is 171 Å². The quantitative estimate of drug-likeness (QED) is 0.469. The van der Waals surface area contributed by atoms with Crippen LogP contribution in [0.1, 0.15) is 57.0 Å². The molecule has 0 saturated carbocycles. The smallest absolute Gasteiger partial charge is 0.129 e. The first-order valence-electron chi connectivity index (χ1n) is 10.1. The summed E-state index contributed by atoms with van der Waals surface area (Å²) in [7, 11) is 0. The van der Waals surface area contributed by atoms with Gasteiger partial charge in [0.2, 0.25) is 0 Å². The molecule has 0 fully saturated rings. The molecule has 0 unspecified atom stereocenters. The van der Waals surface area contributed by atoms with Crippen LogP contribution in [0.25, 0.3) is 21.8 Å². The number of H-pyrrole nitrogens is 1. The molecule has 2 aromatic heterocycles. The summed E-state index contributed by atoms with van der Waals surface area (Å²) >= 11 is 0. The summed E-state index contributed by atoms with van der Waals surface area (Å²) in [4.78, 5) is 0. The maximum Gasteiger partial charge on any atom is 0.129 e. The minimum absolute atomic E-state index is 0.0192. The number of rotatable bonds is 3. The summed E-state index contributed by atoms with van der Waals surface area (Å²) in [6.45, 7) is 15.6. The minimum atomic E-state index is -0.478. The average molecular weight is 393 g/mol. The van der Waals surface area contributed by atoms with E-state index in [0.29, 0.717) is 12.1 Å². The lowest BCUT2D eigenvalue weighted by Gasteiger charge is -2.27. The van der Waals surface area contributed by atoms with Crippen LogP contribution in [0.2, 0.25) is 0 Å². The first-order chi connectivity index (χ1) is 13.5. The van der Waals surface area contributed by atoms with E-state index in [4.69, 9.17) is 5.10 Å². The van der Waals surface area contributed by atoms with Gasteiger partial charge in [-0.15, -0.1) is 0 Å². The van der Waals surface area contributed by atoms with Crippen molar-refractivity contribution in [1.82, 2.24) is 20.0 Å². The van der Waals surface area contributed by atoms with Crippen LogP contribution >= 0.6 is 0 Å². The number of nitrogens with one attached hydrogen (secondary N) is 1. The molecular weight excluding hydrogens is 363 g/mol. The highest BCUT2D eigenvalue weighted by Gasteiger charge is 2.30. The maximum atomic E-state index is 14.9. The van der Waals surface area contributed by atoms with Crippen LogP contribution < -0.4 is 0 Å². The van der Waals surface area contributed by atoms with Crippen molar-refractivity contribution in [3.8, 4) is 0 Å². The molecule has 4 rings (SSSR count). The summed E-state index contributed by atoms with van der Waals surface area (Å²) < 4.78 is 16.9. The molecular formula is C24H29FN4. The first kappa shape index (κ1) is 19.6. The van der Waals surface area contributed by atoms with Gasteiger partial charge in [0, 0.05) is 21.8 Å². The topological polar surface area (TPSA) is 46.5 Å². The number of nitrogens with zero attached hydrogens (tertiary/aromatic N) is 3. The third kappa shape index (κ3) is 3.13. The molecule has 0 aliphatic carbocycles. The molecule has 0 aliphatic heterocycles. The number of halogens is 1. The van der Waals surface area contributed by atoms with Gasteiger partial charge in [-0.3, -0.25) is 9.78 Å². The molecule has 0 radical (unpaired) electrons. The van der Waals surface area contributed by atoms with Gasteiger partial charge in [-0.25, -0.2) is 4.39 Å². The lowest BCUT2D eigenvalue weighted by molar-refractivity contribution is 0.401. The van der Waals surface area contributed by atoms with Crippen LogP contribution in [0.15, 0.2) is 30.5 Å². The molecule has 5 heteroatoms. The number of aryl methyl sites for hydroxylation is 2. The Morgan fingerprint density at radius 2 is 1.72 bits per heavy atom. The van der Waals surface area contributed by atoms with Crippen LogP contribution in [-0.2, 0) is 17.4 Å². The zero-order valence-electron chi connectivity index (χ0n) is 18.3. The number of aromatic amines is 1. The van der Waals surface area contributed by atoms with Gasteiger partial charge in [0.1, 0.15) is 5.82 Å². The predicted molar refractivity (Wildman–Crippen MR) is 117 cm³/mol. The van der Waals surface area contributed by atoms with Crippen molar-refractivity contribution in [2.24, 2.45) is 0 Å². The molecule has 4 aromatic rings. The zero-order valence-corrected chi connectivity index (χ0v) is 18.3. The van der Waals surface area contributed by atoms with Crippen LogP contribution in [0.3, 0.4) is 0 Å². The van der Waals surface area contributed by atoms with E-state index in [1.165, 1.54) is 22.6 Å². The van der Waals surface area contributed by atoms with Crippen LogP contribution in [0, 0.1) is 19.7 Å². The summed E-state index contributed by atoms with van der Waals surface area (Å²) in [5.41, 5.74) is 5.68. The van der Waals surface area contributed by atoms with Crippen molar-refractivity contribution in [2.75, 3.05) is 0 Å². The highest BCUT2D eigenvalue weighted by Crippen LogP contribution is 2.37. The highest BCUT2D eigenvalue weighted by atomic mass is 19.1. The molecule has 0 saturated heterocycles. The molecule has 0 atom stereocenters. The predicted octanol–water partition coefficient (Wildman–Crippen LogP) is 5.94. The standard InChI is InChI=1S/C24H29FN4/c1-14-8-11-18-19(20(14)23(3,4)5)15(2)28-29(18)13-24(6,7)21-17(25)10-9-16-12-26-27-22(16)21/h8-12H,13H2,1-7H3,(H,26,27). The Morgan fingerprint density at radius 3 is 2.41 bits per heavy atom. The van der Waals surface area contributed by atoms with Gasteiger partial charge < -0.3 is 0 Å². The van der Waals surface area contributed by atoms with Gasteiger partial charge in [-0.1, -0.05) is 40.7 Å². The van der Waals surface area contributed by atoms with Crippen molar-refractivity contribution < 1.29 is 4.39 Å². The average Bonchev–Trinajstić information content (AvgIpc) is 3.18. The normalized spacial score (nSPS) is 13.0. The van der Waals surface area contributed by atoms with Crippen molar-refractivity contribution >= 4 is 21.8 Å². The monoisotopic (exact) mass is 392 g/mol. The summed E-state index contributed by atoms with van der Waals surface area (Å²) in [6, 6.07) is 7.61. The van der Waals surface area contributed by atoms with E-state index in [9.17, 15) is 4.39 Å². The van der Waals surface area contributed by atoms with Gasteiger partial charge in [-0.05, 0) is 48.6 Å². The van der Waals surface area contributed by atoms with Gasteiger partial charge in [0.05, 0.1) is 29.5 Å². The van der Waals surface area contributed by atoms with Gasteiger partial charge in [-0.2, -0.15) is 10.2 Å². The van der Waals surface area contributed by atoms with E-state index >= 15 is 0 Å². The highest BCUT2D eigenvalue weighted by molar-refractivity contribution is 5.88. The summed E-state index contributed by atoms with van der Waals surface area (Å²) in [5.74, 6) is -0.217. The molecule has 0 spiro atoms. The minimum Gasteiger partial charge on any atom is -0.277 e. The van der Waals surface area contributed by atoms with Crippen LogP contribution in [0.4, 0.5) is 4.39 Å². The van der Waals surface area contributed by atoms with E-state index in [-0.39, 0.29) is 11.2 Å². The second-order valence-corrected chi connectivity index (χ2v) is 9.79. The van der Waals surface area contributed by atoms with Crippen molar-refractivity contribution in [3.05, 3.63) is 58.7 Å². The van der Waals surface area contributed by atoms with Gasteiger partial charge in [0.25, 0.3) is 0 Å². The Hall–Kier alpha value is -2.69. The fraction of sp³-hybridized carbons (Fsp3) is 0.417. The van der Waals surface area contributed by atoms with E-state index in [1.54, 1.807) is 12.3 Å². The summed E-state index contributed by atoms with van der Waals surface area (Å²) in [5, 5.41) is 14.1. The molecule has 2 heterocycles. The Kier molecular flexibility index (Phi) is 4.34. The number of aromatic nitrogens is 4. The number of hydrogen-bond donors (Lipinski definition) is 1. The lowest BCUT2D eigenvalue weighted by Crippen LogP contribution is -2.27. The molecule has 1 N–H and O–H groups in total. The number of hydrogen-bond acceptors (Lipinski definition) is 2. The zero-order chi connectivity index (χ0) is 21.1. The fourth-order valence-corrected chi connectivity index (χ4v) is 4.75. The maximum absolute atomic E-state index is 14.9. The largest absolute Gasteiger partial charge is 0.277 e. The van der Waals surface area contributed by atoms with Gasteiger partial charge >= 0.3 is 0 Å². The molecule has 2 aromatic carbocycles. The molecule has 0 bridgehead atoms. The molecule has 0 amide bonds. The second-order valence-electron chi connectivity index (χ2n) is 9.79. The first-order valence-corrected chi connectivity index (χ1v) is 10.1. The Bertz CT molecular complexity index is 1220. The van der Waals surface area contributed by atoms with Gasteiger partial charge in [0.15, 0.2) is 0 Å². The number of fused-ring (bicyclic) bond motifs is 2. The van der Waals surface area contributed by atoms with E-state index in [0.717, 1.165) is 22.1 Å². The molecule has 29 heavy (non-hydrogen) atoms. The third-order valence-electron chi connectivity index (χ3n) is 5.84. The van der Waals surface area contributed by atoms with Crippen LogP contribution in [0.5, 0.6) is 0 Å². The SMILES string of the molecule is Cc1ccc2c(c(C)nn2CC(C)(C)c2c(F)ccc3cn[nH]c23)c1C(C)(C)C. The van der Waals surface area contributed by atoms with Crippen molar-refractivity contribution in [1.29, 1.82) is 0 Å². The van der Waals surface area contributed by atoms with E-state index < -0.39 is 5.41 Å². The molecule has 0 aliphatic rings. The number of benzene rings is 2. The fourth-order valence-electron chi connectivity index (χ4n) is 4.75. The molecule has 152 valence electrons. The third-order valence-corrected chi connectivity index (χ3v) is 5.84. The van der Waals surface area contributed by atoms with Crippen LogP contribution in [-0.4, -0.2) is 20.0 Å².